The molecule has 5 heteroatoms. The van der Waals surface area contributed by atoms with E-state index < -0.39 is 0 Å². The van der Waals surface area contributed by atoms with Gasteiger partial charge < -0.3 is 0 Å². The van der Waals surface area contributed by atoms with Gasteiger partial charge in [-0.05, 0) is 0 Å². The van der Waals surface area contributed by atoms with Gasteiger partial charge in [0.25, 0.3) is 0 Å². The van der Waals surface area contributed by atoms with E-state index in [0.717, 1.165) is 20.1 Å². The summed E-state index contributed by atoms with van der Waals surface area (Å²) in [4.78, 5) is 0. The van der Waals surface area contributed by atoms with Gasteiger partial charge in [0.15, 0.2) is 0 Å². The second-order valence-electron chi connectivity index (χ2n) is 5.21. The van der Waals surface area contributed by atoms with Crippen molar-refractivity contribution in [2.75, 3.05) is 13.2 Å². The predicted octanol–water partition coefficient (Wildman–Crippen LogP) is 5.28. The van der Waals surface area contributed by atoms with Crippen molar-refractivity contribution in [2.45, 2.75) is 13.2 Å². The molecular weight excluding hydrogens is 422 g/mol. The van der Waals surface area contributed by atoms with Crippen molar-refractivity contribution in [3.05, 3.63) is 91.8 Å². The molecule has 2 nitrogen and oxygen atoms in total. The summed E-state index contributed by atoms with van der Waals surface area (Å²) in [6.07, 6.45) is 0. The number of ether oxygens (including phenoxy) is 2. The van der Waals surface area contributed by atoms with Gasteiger partial charge in [-0.3, -0.25) is 0 Å². The van der Waals surface area contributed by atoms with Crippen molar-refractivity contribution in [3.63, 3.8) is 0 Å². The van der Waals surface area contributed by atoms with Crippen molar-refractivity contribution in [3.8, 4) is 0 Å². The summed E-state index contributed by atoms with van der Waals surface area (Å²) < 4.78 is 13.5. The van der Waals surface area contributed by atoms with Crippen molar-refractivity contribution >= 4 is 38.2 Å². The molecule has 2 aromatic rings. The third-order valence-electron chi connectivity index (χ3n) is 3.22. The van der Waals surface area contributed by atoms with Gasteiger partial charge in [0.05, 0.1) is 0 Å². The van der Waals surface area contributed by atoms with Crippen LogP contribution in [0.5, 0.6) is 0 Å². The van der Waals surface area contributed by atoms with Crippen molar-refractivity contribution in [1.29, 1.82) is 0 Å². The van der Waals surface area contributed by atoms with Gasteiger partial charge in [0.1, 0.15) is 0 Å². The topological polar surface area (TPSA) is 18.5 Å². The molecule has 0 aliphatic rings. The van der Waals surface area contributed by atoms with Crippen LogP contribution in [0.2, 0.25) is 0 Å². The number of hydrogen-bond acceptors (Lipinski definition) is 2. The molecule has 0 fully saturated rings. The summed E-state index contributed by atoms with van der Waals surface area (Å²) >= 11 is 11.9. The van der Waals surface area contributed by atoms with Gasteiger partial charge in [0.2, 0.25) is 0 Å². The Morgan fingerprint density at radius 3 is 1.48 bits per heavy atom. The zero-order valence-corrected chi connectivity index (χ0v) is 17.0. The van der Waals surface area contributed by atoms with Gasteiger partial charge in [-0.1, -0.05) is 0 Å². The molecule has 0 aliphatic carbocycles. The Morgan fingerprint density at radius 2 is 1.12 bits per heavy atom. The van der Waals surface area contributed by atoms with E-state index in [1.807, 2.05) is 60.7 Å². The molecule has 0 saturated heterocycles. The van der Waals surface area contributed by atoms with Crippen LogP contribution in [0.1, 0.15) is 11.1 Å². The van der Waals surface area contributed by atoms with Crippen LogP contribution < -0.4 is 0 Å². The third-order valence-corrected chi connectivity index (χ3v) is 6.42. The van der Waals surface area contributed by atoms with Crippen LogP contribution in [0, 0.1) is 0 Å². The second kappa shape index (κ2) is 12.3. The third kappa shape index (κ3) is 8.24. The monoisotopic (exact) mass is 442 g/mol. The Morgan fingerprint density at radius 1 is 0.720 bits per heavy atom. The molecule has 25 heavy (non-hydrogen) atoms. The fraction of sp³-hybridized carbons (Fsp3) is 0.200. The maximum absolute atomic E-state index is 5.94. The van der Waals surface area contributed by atoms with Gasteiger partial charge in [-0.25, -0.2) is 0 Å². The molecule has 0 amide bonds. The molecule has 0 unspecified atom stereocenters. The second-order valence-corrected chi connectivity index (χ2v) is 8.27. The number of halogens is 2. The Kier molecular flexibility index (Phi) is 9.98. The van der Waals surface area contributed by atoms with E-state index in [-0.39, 0.29) is 15.0 Å². The number of rotatable bonds is 10. The molecule has 0 spiro atoms. The van der Waals surface area contributed by atoms with Gasteiger partial charge >= 0.3 is 166 Å². The first-order valence-electron chi connectivity index (χ1n) is 7.81. The molecule has 2 aromatic carbocycles. The van der Waals surface area contributed by atoms with Crippen LogP contribution in [0.25, 0.3) is 0 Å². The Labute approximate surface area is 165 Å². The minimum absolute atomic E-state index is 0.0108. The fourth-order valence-electron chi connectivity index (χ4n) is 2.02. The van der Waals surface area contributed by atoms with E-state index in [2.05, 4.69) is 0 Å². The molecule has 0 aromatic heterocycles. The zero-order chi connectivity index (χ0) is 17.7. The van der Waals surface area contributed by atoms with Crippen LogP contribution in [0.15, 0.2) is 80.7 Å². The maximum atomic E-state index is 5.94. The van der Waals surface area contributed by atoms with Crippen molar-refractivity contribution in [2.24, 2.45) is 0 Å². The molecule has 0 aliphatic heterocycles. The van der Waals surface area contributed by atoms with Gasteiger partial charge in [-0.2, -0.15) is 0 Å². The first-order valence-corrected chi connectivity index (χ1v) is 10.4. The van der Waals surface area contributed by atoms with Crippen molar-refractivity contribution < 1.29 is 9.47 Å². The summed E-state index contributed by atoms with van der Waals surface area (Å²) in [5.74, 6) is 0. The van der Waals surface area contributed by atoms with Crippen LogP contribution >= 0.6 is 23.2 Å². The SMILES string of the molecule is Cl/C=C(/COCc1ccccc1)[Se]/C(=C\Cl)COCc1ccccc1. The number of hydrogen-bond donors (Lipinski definition) is 0. The average molecular weight is 442 g/mol. The molecule has 0 saturated carbocycles. The Hall–Kier alpha value is -1.06. The zero-order valence-electron chi connectivity index (χ0n) is 13.7. The summed E-state index contributed by atoms with van der Waals surface area (Å²) in [7, 11) is 0. The molecule has 132 valence electrons. The van der Waals surface area contributed by atoms with Gasteiger partial charge in [-0.15, -0.1) is 0 Å². The molecular formula is C20H20Cl2O2Se. The Balaban J connectivity index is 1.72. The summed E-state index contributed by atoms with van der Waals surface area (Å²) in [5, 5.41) is 0. The van der Waals surface area contributed by atoms with E-state index in [0.29, 0.717) is 26.4 Å². The molecule has 0 heterocycles. The summed E-state index contributed by atoms with van der Waals surface area (Å²) in [6, 6.07) is 20.1. The van der Waals surface area contributed by atoms with E-state index in [1.165, 1.54) is 0 Å². The van der Waals surface area contributed by atoms with Gasteiger partial charge in [0, 0.05) is 0 Å². The van der Waals surface area contributed by atoms with E-state index in [4.69, 9.17) is 32.7 Å². The normalized spacial score (nSPS) is 12.4. The molecule has 0 N–H and O–H groups in total. The summed E-state index contributed by atoms with van der Waals surface area (Å²) in [5.41, 5.74) is 5.46. The van der Waals surface area contributed by atoms with Crippen LogP contribution in [-0.2, 0) is 22.7 Å². The van der Waals surface area contributed by atoms with E-state index in [9.17, 15) is 0 Å². The minimum atomic E-state index is 0.0108. The molecule has 0 bridgehead atoms. The van der Waals surface area contributed by atoms with E-state index in [1.54, 1.807) is 11.1 Å². The van der Waals surface area contributed by atoms with E-state index >= 15 is 0 Å². The Bertz CT molecular complexity index is 613. The standard InChI is InChI=1S/C20H20Cl2O2Se/c21-11-19(15-23-13-17-7-3-1-4-8-17)25-20(12-22)16-24-14-18-9-5-2-6-10-18/h1-12H,13-16H2/b19-11-,20-12-. The molecule has 2 rings (SSSR count). The predicted molar refractivity (Wildman–Crippen MR) is 106 cm³/mol. The van der Waals surface area contributed by atoms with Crippen LogP contribution in [0.4, 0.5) is 0 Å². The van der Waals surface area contributed by atoms with Crippen molar-refractivity contribution in [1.82, 2.24) is 0 Å². The fourth-order valence-corrected chi connectivity index (χ4v) is 4.10. The molecule has 0 atom stereocenters. The molecule has 0 radical (unpaired) electrons. The quantitative estimate of drug-likeness (QED) is 0.466. The average Bonchev–Trinajstić information content (AvgIpc) is 2.67. The first-order chi connectivity index (χ1) is 12.3. The van der Waals surface area contributed by atoms with Crippen LogP contribution in [0.3, 0.4) is 0 Å². The van der Waals surface area contributed by atoms with Crippen LogP contribution in [-0.4, -0.2) is 28.2 Å². The summed E-state index contributed by atoms with van der Waals surface area (Å²) in [6.45, 7) is 2.11. The number of benzene rings is 2. The first kappa shape index (κ1) is 20.3.